The predicted octanol–water partition coefficient (Wildman–Crippen LogP) is 1.24. The van der Waals surface area contributed by atoms with E-state index >= 15 is 0 Å². The van der Waals surface area contributed by atoms with Gasteiger partial charge in [0.05, 0.1) is 12.5 Å². The molecule has 116 valence electrons. The molecule has 0 saturated carbocycles. The quantitative estimate of drug-likeness (QED) is 0.801. The van der Waals surface area contributed by atoms with E-state index in [0.29, 0.717) is 6.42 Å². The van der Waals surface area contributed by atoms with Crippen molar-refractivity contribution >= 4 is 11.9 Å². The molecule has 20 heavy (non-hydrogen) atoms. The molecule has 2 unspecified atom stereocenters. The molecule has 1 aliphatic heterocycles. The first-order valence-corrected chi connectivity index (χ1v) is 6.53. The van der Waals surface area contributed by atoms with E-state index in [4.69, 9.17) is 5.11 Å². The fourth-order valence-electron chi connectivity index (χ4n) is 2.26. The van der Waals surface area contributed by atoms with E-state index in [2.05, 4.69) is 5.32 Å². The van der Waals surface area contributed by atoms with Crippen LogP contribution in [0.1, 0.15) is 26.2 Å². The van der Waals surface area contributed by atoms with Crippen molar-refractivity contribution in [2.75, 3.05) is 19.6 Å². The highest BCUT2D eigenvalue weighted by Crippen LogP contribution is 2.20. The Kier molecular flexibility index (Phi) is 5.79. The standard InChI is InChI=1S/C12H19F3N2O3/c1-2-3-10(18)17-5-8(11(19)20)4-9(6-17)16-7-12(13,14)15/h8-9,16H,2-7H2,1H3,(H,19,20). The molecular formula is C12H19F3N2O3. The summed E-state index contributed by atoms with van der Waals surface area (Å²) in [4.78, 5) is 24.2. The Hall–Kier alpha value is -1.31. The van der Waals surface area contributed by atoms with Gasteiger partial charge in [-0.2, -0.15) is 13.2 Å². The Morgan fingerprint density at radius 3 is 2.50 bits per heavy atom. The van der Waals surface area contributed by atoms with Crippen LogP contribution in [0.15, 0.2) is 0 Å². The molecule has 1 heterocycles. The number of piperidine rings is 1. The topological polar surface area (TPSA) is 69.6 Å². The van der Waals surface area contributed by atoms with E-state index in [1.165, 1.54) is 4.90 Å². The zero-order valence-electron chi connectivity index (χ0n) is 11.2. The highest BCUT2D eigenvalue weighted by Gasteiger charge is 2.35. The van der Waals surface area contributed by atoms with Gasteiger partial charge in [0.25, 0.3) is 0 Å². The van der Waals surface area contributed by atoms with Gasteiger partial charge in [0.2, 0.25) is 5.91 Å². The maximum absolute atomic E-state index is 12.2. The first-order valence-electron chi connectivity index (χ1n) is 6.53. The number of carbonyl (C=O) groups is 2. The lowest BCUT2D eigenvalue weighted by Gasteiger charge is -2.36. The second-order valence-electron chi connectivity index (χ2n) is 5.01. The smallest absolute Gasteiger partial charge is 0.401 e. The van der Waals surface area contributed by atoms with Crippen LogP contribution in [0.3, 0.4) is 0 Å². The van der Waals surface area contributed by atoms with Gasteiger partial charge in [0.15, 0.2) is 0 Å². The average molecular weight is 296 g/mol. The van der Waals surface area contributed by atoms with Crippen LogP contribution in [0.25, 0.3) is 0 Å². The van der Waals surface area contributed by atoms with E-state index in [0.717, 1.165) is 0 Å². The molecule has 1 rings (SSSR count). The number of nitrogens with zero attached hydrogens (tertiary/aromatic N) is 1. The van der Waals surface area contributed by atoms with Crippen molar-refractivity contribution in [1.82, 2.24) is 10.2 Å². The molecule has 0 aromatic rings. The SMILES string of the molecule is CCCC(=O)N1CC(NCC(F)(F)F)CC(C(=O)O)C1. The monoisotopic (exact) mass is 296 g/mol. The first kappa shape index (κ1) is 16.7. The molecule has 0 bridgehead atoms. The fraction of sp³-hybridized carbons (Fsp3) is 0.833. The summed E-state index contributed by atoms with van der Waals surface area (Å²) in [7, 11) is 0. The van der Waals surface area contributed by atoms with Crippen LogP contribution in [0.2, 0.25) is 0 Å². The largest absolute Gasteiger partial charge is 0.481 e. The van der Waals surface area contributed by atoms with Gasteiger partial charge in [-0.25, -0.2) is 0 Å². The second kappa shape index (κ2) is 6.92. The van der Waals surface area contributed by atoms with Crippen molar-refractivity contribution < 1.29 is 27.9 Å². The maximum atomic E-state index is 12.2. The van der Waals surface area contributed by atoms with Gasteiger partial charge < -0.3 is 15.3 Å². The molecule has 2 N–H and O–H groups in total. The third kappa shape index (κ3) is 5.36. The van der Waals surface area contributed by atoms with E-state index in [-0.39, 0.29) is 31.8 Å². The van der Waals surface area contributed by atoms with E-state index in [1.54, 1.807) is 0 Å². The number of carbonyl (C=O) groups excluding carboxylic acids is 1. The molecule has 1 amide bonds. The summed E-state index contributed by atoms with van der Waals surface area (Å²) < 4.78 is 36.6. The van der Waals surface area contributed by atoms with Crippen LogP contribution >= 0.6 is 0 Å². The van der Waals surface area contributed by atoms with Gasteiger partial charge in [-0.3, -0.25) is 9.59 Å². The Labute approximate surface area is 115 Å². The van der Waals surface area contributed by atoms with Gasteiger partial charge in [-0.1, -0.05) is 6.92 Å². The summed E-state index contributed by atoms with van der Waals surface area (Å²) in [5.74, 6) is -2.12. The third-order valence-electron chi connectivity index (χ3n) is 3.21. The van der Waals surface area contributed by atoms with Gasteiger partial charge in [0, 0.05) is 25.6 Å². The molecule has 0 spiro atoms. The van der Waals surface area contributed by atoms with Crippen molar-refractivity contribution in [3.8, 4) is 0 Å². The van der Waals surface area contributed by atoms with E-state index in [9.17, 15) is 22.8 Å². The van der Waals surface area contributed by atoms with Gasteiger partial charge in [-0.15, -0.1) is 0 Å². The number of hydrogen-bond donors (Lipinski definition) is 2. The lowest BCUT2D eigenvalue weighted by atomic mass is 9.94. The number of nitrogens with one attached hydrogen (secondary N) is 1. The number of carboxylic acid groups (broad SMARTS) is 1. The molecule has 0 aromatic heterocycles. The normalized spacial score (nSPS) is 23.7. The van der Waals surface area contributed by atoms with Crippen LogP contribution < -0.4 is 5.32 Å². The lowest BCUT2D eigenvalue weighted by molar-refractivity contribution is -0.147. The minimum Gasteiger partial charge on any atom is -0.481 e. The number of likely N-dealkylation sites (tertiary alicyclic amines) is 1. The predicted molar refractivity (Wildman–Crippen MR) is 65.1 cm³/mol. The van der Waals surface area contributed by atoms with Crippen LogP contribution in [0.4, 0.5) is 13.2 Å². The Morgan fingerprint density at radius 1 is 1.35 bits per heavy atom. The molecule has 0 aromatic carbocycles. The molecule has 2 atom stereocenters. The van der Waals surface area contributed by atoms with Crippen LogP contribution in [0, 0.1) is 5.92 Å². The minimum absolute atomic E-state index is 0.0678. The Morgan fingerprint density at radius 2 is 2.00 bits per heavy atom. The summed E-state index contributed by atoms with van der Waals surface area (Å²) in [6.45, 7) is 0.826. The number of alkyl halides is 3. The van der Waals surface area contributed by atoms with Crippen LogP contribution in [-0.4, -0.2) is 53.7 Å². The van der Waals surface area contributed by atoms with Crippen LogP contribution in [0.5, 0.6) is 0 Å². The van der Waals surface area contributed by atoms with E-state index in [1.807, 2.05) is 6.92 Å². The number of hydrogen-bond acceptors (Lipinski definition) is 3. The molecule has 1 aliphatic rings. The summed E-state index contributed by atoms with van der Waals surface area (Å²) in [5, 5.41) is 11.3. The fourth-order valence-corrected chi connectivity index (χ4v) is 2.26. The molecule has 0 aliphatic carbocycles. The zero-order valence-corrected chi connectivity index (χ0v) is 11.2. The number of halogens is 3. The summed E-state index contributed by atoms with van der Waals surface area (Å²) in [5.41, 5.74) is 0. The maximum Gasteiger partial charge on any atom is 0.401 e. The number of rotatable bonds is 5. The number of aliphatic carboxylic acids is 1. The molecule has 8 heteroatoms. The Bertz CT molecular complexity index is 360. The second-order valence-corrected chi connectivity index (χ2v) is 5.01. The molecule has 0 radical (unpaired) electrons. The van der Waals surface area contributed by atoms with Crippen molar-refractivity contribution in [3.63, 3.8) is 0 Å². The van der Waals surface area contributed by atoms with Gasteiger partial charge in [-0.05, 0) is 12.8 Å². The zero-order chi connectivity index (χ0) is 15.3. The molecule has 5 nitrogen and oxygen atoms in total. The Balaban J connectivity index is 2.65. The highest BCUT2D eigenvalue weighted by molar-refractivity contribution is 5.78. The first-order chi connectivity index (χ1) is 9.23. The number of carboxylic acids is 1. The third-order valence-corrected chi connectivity index (χ3v) is 3.21. The summed E-state index contributed by atoms with van der Waals surface area (Å²) in [6, 6.07) is -0.646. The van der Waals surface area contributed by atoms with Gasteiger partial charge in [0.1, 0.15) is 0 Å². The van der Waals surface area contributed by atoms with Crippen molar-refractivity contribution in [2.24, 2.45) is 5.92 Å². The summed E-state index contributed by atoms with van der Waals surface area (Å²) in [6.07, 6.45) is -3.36. The van der Waals surface area contributed by atoms with Gasteiger partial charge >= 0.3 is 12.1 Å². The van der Waals surface area contributed by atoms with Crippen molar-refractivity contribution in [1.29, 1.82) is 0 Å². The molecule has 1 fully saturated rings. The molecule has 1 saturated heterocycles. The van der Waals surface area contributed by atoms with Crippen LogP contribution in [-0.2, 0) is 9.59 Å². The molecular weight excluding hydrogens is 277 g/mol. The average Bonchev–Trinajstić information content (AvgIpc) is 2.35. The lowest BCUT2D eigenvalue weighted by Crippen LogP contribution is -2.54. The van der Waals surface area contributed by atoms with E-state index < -0.39 is 30.7 Å². The minimum atomic E-state index is -4.35. The van der Waals surface area contributed by atoms with Crippen molar-refractivity contribution in [2.45, 2.75) is 38.4 Å². The van der Waals surface area contributed by atoms with Crippen molar-refractivity contribution in [3.05, 3.63) is 0 Å². The number of amides is 1. The highest BCUT2D eigenvalue weighted by atomic mass is 19.4. The summed E-state index contributed by atoms with van der Waals surface area (Å²) >= 11 is 0.